The third-order valence-electron chi connectivity index (χ3n) is 8.75. The third kappa shape index (κ3) is 6.06. The van der Waals surface area contributed by atoms with Crippen molar-refractivity contribution in [2.24, 2.45) is 17.8 Å². The van der Waals surface area contributed by atoms with Crippen LogP contribution in [0.3, 0.4) is 0 Å². The van der Waals surface area contributed by atoms with E-state index in [0.717, 1.165) is 54.9 Å². The Morgan fingerprint density at radius 2 is 1.94 bits per heavy atom. The second-order valence-corrected chi connectivity index (χ2v) is 11.0. The van der Waals surface area contributed by atoms with E-state index < -0.39 is 6.10 Å². The van der Waals surface area contributed by atoms with E-state index in [9.17, 15) is 9.90 Å². The Morgan fingerprint density at radius 3 is 2.64 bits per heavy atom. The van der Waals surface area contributed by atoms with Crippen LogP contribution < -0.4 is 10.1 Å². The number of nitrogens with zero attached hydrogens (tertiary/aromatic N) is 1. The molecule has 4 heterocycles. The molecule has 0 amide bonds. The summed E-state index contributed by atoms with van der Waals surface area (Å²) < 4.78 is 5.45. The summed E-state index contributed by atoms with van der Waals surface area (Å²) in [5.41, 5.74) is 3.02. The fourth-order valence-electron chi connectivity index (χ4n) is 6.65. The maximum atomic E-state index is 13.3. The summed E-state index contributed by atoms with van der Waals surface area (Å²) in [4.78, 5) is 15.6. The number of carbonyl (C=O) groups is 1. The lowest BCUT2D eigenvalue weighted by atomic mass is 9.66. The van der Waals surface area contributed by atoms with Crippen LogP contribution in [-0.2, 0) is 4.79 Å². The van der Waals surface area contributed by atoms with E-state index in [4.69, 9.17) is 4.74 Å². The minimum absolute atomic E-state index is 0.0294. The van der Waals surface area contributed by atoms with Crippen molar-refractivity contribution in [1.82, 2.24) is 4.90 Å². The fourth-order valence-corrected chi connectivity index (χ4v) is 6.65. The molecule has 2 bridgehead atoms. The highest BCUT2D eigenvalue weighted by atomic mass is 16.5. The van der Waals surface area contributed by atoms with Gasteiger partial charge < -0.3 is 15.2 Å². The first kappa shape index (κ1) is 26.9. The summed E-state index contributed by atoms with van der Waals surface area (Å²) >= 11 is 0. The zero-order valence-corrected chi connectivity index (χ0v) is 22.4. The van der Waals surface area contributed by atoms with Crippen LogP contribution in [0, 0.1) is 17.8 Å². The van der Waals surface area contributed by atoms with Gasteiger partial charge in [-0.3, -0.25) is 9.69 Å². The smallest absolute Gasteiger partial charge is 0.137 e. The molecule has 3 fully saturated rings. The molecule has 3 saturated heterocycles. The molecule has 36 heavy (non-hydrogen) atoms. The molecular formula is C31H46N2O3. The molecule has 4 aliphatic heterocycles. The first-order valence-electron chi connectivity index (χ1n) is 14.3. The highest BCUT2D eigenvalue weighted by Gasteiger charge is 2.49. The van der Waals surface area contributed by atoms with E-state index in [-0.39, 0.29) is 17.9 Å². The van der Waals surface area contributed by atoms with Crippen LogP contribution in [0.5, 0.6) is 5.75 Å². The van der Waals surface area contributed by atoms with Gasteiger partial charge in [-0.05, 0) is 48.4 Å². The van der Waals surface area contributed by atoms with Crippen molar-refractivity contribution >= 4 is 17.0 Å². The van der Waals surface area contributed by atoms with Gasteiger partial charge in [0.15, 0.2) is 0 Å². The van der Waals surface area contributed by atoms with Gasteiger partial charge in [0, 0.05) is 49.3 Å². The van der Waals surface area contributed by atoms with Crippen LogP contribution in [0.4, 0.5) is 5.69 Å². The first-order valence-corrected chi connectivity index (χ1v) is 14.3. The molecule has 4 aliphatic rings. The van der Waals surface area contributed by atoms with Crippen LogP contribution >= 0.6 is 0 Å². The standard InChI is InChI=1S/C31H46N2O3/c1-4-6-7-8-9-10-11-12-13-30(34)27-21-33-20-22(5-2)25(27)19-29(33)31(35)24-16-17-32-28-15-14-23(36-3)18-26(24)28/h5,14-16,18,22,25,27,29,31-32,35H,2,4,6-13,17,19-21H2,1,3H3/t22-,25-,27?,29+,31-/m0/s1. The number of rotatable bonds is 14. The summed E-state index contributed by atoms with van der Waals surface area (Å²) in [7, 11) is 1.67. The van der Waals surface area contributed by atoms with E-state index in [1.807, 2.05) is 24.3 Å². The summed E-state index contributed by atoms with van der Waals surface area (Å²) in [5, 5.41) is 15.0. The Labute approximate surface area is 218 Å². The van der Waals surface area contributed by atoms with Crippen molar-refractivity contribution in [3.05, 3.63) is 42.5 Å². The van der Waals surface area contributed by atoms with E-state index in [1.54, 1.807) is 7.11 Å². The van der Waals surface area contributed by atoms with Crippen LogP contribution in [0.2, 0.25) is 0 Å². The van der Waals surface area contributed by atoms with E-state index in [1.165, 1.54) is 38.5 Å². The number of methoxy groups -OCH3 is 1. The van der Waals surface area contributed by atoms with Gasteiger partial charge in [-0.25, -0.2) is 0 Å². The molecule has 6 atom stereocenters. The molecule has 198 valence electrons. The second-order valence-electron chi connectivity index (χ2n) is 11.0. The maximum Gasteiger partial charge on any atom is 0.137 e. The number of aliphatic hydroxyl groups excluding tert-OH is 1. The molecule has 5 heteroatoms. The lowest BCUT2D eigenvalue weighted by Gasteiger charge is -2.54. The molecule has 1 aromatic rings. The Hall–Kier alpha value is -2.11. The van der Waals surface area contributed by atoms with Crippen LogP contribution in [-0.4, -0.2) is 54.7 Å². The lowest BCUT2D eigenvalue weighted by molar-refractivity contribution is -0.135. The van der Waals surface area contributed by atoms with Crippen LogP contribution in [0.15, 0.2) is 36.9 Å². The average molecular weight is 495 g/mol. The van der Waals surface area contributed by atoms with Crippen molar-refractivity contribution in [2.75, 3.05) is 32.1 Å². The highest BCUT2D eigenvalue weighted by molar-refractivity contribution is 5.83. The van der Waals surface area contributed by atoms with Gasteiger partial charge in [-0.15, -0.1) is 6.58 Å². The Kier molecular flexibility index (Phi) is 9.66. The van der Waals surface area contributed by atoms with Gasteiger partial charge in [0.1, 0.15) is 11.5 Å². The van der Waals surface area contributed by atoms with Gasteiger partial charge in [0.05, 0.1) is 13.2 Å². The number of nitrogens with one attached hydrogen (secondary N) is 1. The predicted molar refractivity (Wildman–Crippen MR) is 148 cm³/mol. The number of benzene rings is 1. The van der Waals surface area contributed by atoms with Gasteiger partial charge in [-0.1, -0.05) is 64.0 Å². The fraction of sp³-hybridized carbons (Fsp3) is 0.645. The molecule has 2 N–H and O–H groups in total. The zero-order valence-electron chi connectivity index (χ0n) is 22.4. The number of ketones is 1. The van der Waals surface area contributed by atoms with E-state index >= 15 is 0 Å². The molecule has 0 aliphatic carbocycles. The van der Waals surface area contributed by atoms with Gasteiger partial charge in [0.2, 0.25) is 0 Å². The van der Waals surface area contributed by atoms with Gasteiger partial charge in [-0.2, -0.15) is 0 Å². The summed E-state index contributed by atoms with van der Waals surface area (Å²) in [6.07, 6.45) is 15.1. The molecular weight excluding hydrogens is 448 g/mol. The maximum absolute atomic E-state index is 13.3. The minimum Gasteiger partial charge on any atom is -0.497 e. The number of unbranched alkanes of at least 4 members (excludes halogenated alkanes) is 7. The monoisotopic (exact) mass is 494 g/mol. The molecule has 5 rings (SSSR count). The summed E-state index contributed by atoms with van der Waals surface area (Å²) in [6.45, 7) is 8.69. The third-order valence-corrected chi connectivity index (χ3v) is 8.75. The molecule has 2 unspecified atom stereocenters. The van der Waals surface area contributed by atoms with Gasteiger partial charge in [0.25, 0.3) is 0 Å². The molecule has 1 aromatic carbocycles. The van der Waals surface area contributed by atoms with Crippen molar-refractivity contribution in [3.8, 4) is 5.75 Å². The van der Waals surface area contributed by atoms with Crippen molar-refractivity contribution in [1.29, 1.82) is 0 Å². The number of aliphatic hydroxyl groups is 1. The van der Waals surface area contributed by atoms with Crippen molar-refractivity contribution < 1.29 is 14.6 Å². The van der Waals surface area contributed by atoms with Crippen LogP contribution in [0.25, 0.3) is 5.57 Å². The largest absolute Gasteiger partial charge is 0.497 e. The SMILES string of the molecule is C=C[C@H]1CN2CC(C(=O)CCCCCCCCCC)[C@H]1C[C@@H]2[C@@H](O)C1=CCNc2ccc(OC)cc21. The molecule has 0 radical (unpaired) electrons. The first-order chi connectivity index (χ1) is 17.6. The number of hydrogen-bond donors (Lipinski definition) is 2. The minimum atomic E-state index is -0.588. The number of Topliss-reactive ketones (excluding diaryl/α,β-unsaturated/α-hetero) is 1. The van der Waals surface area contributed by atoms with E-state index in [2.05, 4.69) is 29.8 Å². The predicted octanol–water partition coefficient (Wildman–Crippen LogP) is 6.09. The average Bonchev–Trinajstić information content (AvgIpc) is 2.92. The van der Waals surface area contributed by atoms with Gasteiger partial charge >= 0.3 is 0 Å². The molecule has 0 saturated carbocycles. The molecule has 0 aromatic heterocycles. The number of piperidine rings is 3. The number of carbonyl (C=O) groups excluding carboxylic acids is 1. The zero-order chi connectivity index (χ0) is 25.5. The van der Waals surface area contributed by atoms with Crippen molar-refractivity contribution in [3.63, 3.8) is 0 Å². The summed E-state index contributed by atoms with van der Waals surface area (Å²) in [6, 6.07) is 6.01. The highest BCUT2D eigenvalue weighted by Crippen LogP contribution is 2.45. The Morgan fingerprint density at radius 1 is 1.19 bits per heavy atom. The normalized spacial score (nSPS) is 27.5. The Bertz CT molecular complexity index is 926. The van der Waals surface area contributed by atoms with Crippen molar-refractivity contribution in [2.45, 2.75) is 83.3 Å². The van der Waals surface area contributed by atoms with Crippen LogP contribution in [0.1, 0.15) is 76.7 Å². The van der Waals surface area contributed by atoms with E-state index in [0.29, 0.717) is 24.7 Å². The Balaban J connectivity index is 1.35. The summed E-state index contributed by atoms with van der Waals surface area (Å²) in [5.74, 6) is 1.89. The number of fused-ring (bicyclic) bond motifs is 4. The quantitative estimate of drug-likeness (QED) is 0.242. The number of hydrogen-bond acceptors (Lipinski definition) is 5. The topological polar surface area (TPSA) is 61.8 Å². The second kappa shape index (κ2) is 12.9. The number of anilines is 1. The molecule has 5 nitrogen and oxygen atoms in total. The number of ether oxygens (including phenoxy) is 1. The molecule has 0 spiro atoms. The lowest BCUT2D eigenvalue weighted by Crippen LogP contribution is -2.62.